The van der Waals surface area contributed by atoms with Gasteiger partial charge in [0.05, 0.1) is 12.5 Å². The fourth-order valence-corrected chi connectivity index (χ4v) is 3.11. The van der Waals surface area contributed by atoms with Crippen molar-refractivity contribution < 1.29 is 19.1 Å². The highest BCUT2D eigenvalue weighted by Crippen LogP contribution is 2.27. The molecule has 0 saturated carbocycles. The summed E-state index contributed by atoms with van der Waals surface area (Å²) < 4.78 is 5.56. The number of amides is 2. The maximum absolute atomic E-state index is 12.6. The molecular formula is C22H24N2O4. The standard InChI is InChI=1S/C22H24N2O4/c1-3-12-28-20-10-8-19(9-11-20)24-14-17(13-21(24)26)22(27)23-18-6-4-16(5-7-18)15(2)25/h4-11,17H,3,12-14H2,1-2H3,(H,23,27)/t17-/m0/s1. The number of carbonyl (C=O) groups excluding carboxylic acids is 3. The van der Waals surface area contributed by atoms with Gasteiger partial charge in [0, 0.05) is 29.9 Å². The number of anilines is 2. The second-order valence-corrected chi connectivity index (χ2v) is 6.87. The molecule has 0 unspecified atom stereocenters. The molecule has 1 N–H and O–H groups in total. The Morgan fingerprint density at radius 1 is 1.11 bits per heavy atom. The summed E-state index contributed by atoms with van der Waals surface area (Å²) in [4.78, 5) is 37.9. The number of hydrogen-bond donors (Lipinski definition) is 1. The van der Waals surface area contributed by atoms with E-state index in [1.54, 1.807) is 29.2 Å². The van der Waals surface area contributed by atoms with Gasteiger partial charge >= 0.3 is 0 Å². The molecule has 0 aromatic heterocycles. The molecule has 0 radical (unpaired) electrons. The lowest BCUT2D eigenvalue weighted by molar-refractivity contribution is -0.122. The van der Waals surface area contributed by atoms with E-state index in [1.165, 1.54) is 6.92 Å². The molecule has 2 amide bonds. The van der Waals surface area contributed by atoms with Crippen LogP contribution in [0.3, 0.4) is 0 Å². The first-order chi connectivity index (χ1) is 13.5. The SMILES string of the molecule is CCCOc1ccc(N2C[C@@H](C(=O)Nc3ccc(C(C)=O)cc3)CC2=O)cc1. The van der Waals surface area contributed by atoms with Gasteiger partial charge in [-0.3, -0.25) is 14.4 Å². The first kappa shape index (κ1) is 19.6. The molecular weight excluding hydrogens is 356 g/mol. The van der Waals surface area contributed by atoms with E-state index in [4.69, 9.17) is 4.74 Å². The number of ether oxygens (including phenoxy) is 1. The molecule has 146 valence electrons. The van der Waals surface area contributed by atoms with Crippen LogP contribution in [0.4, 0.5) is 11.4 Å². The van der Waals surface area contributed by atoms with E-state index in [9.17, 15) is 14.4 Å². The van der Waals surface area contributed by atoms with Gasteiger partial charge in [0.1, 0.15) is 5.75 Å². The van der Waals surface area contributed by atoms with Crippen LogP contribution in [0.2, 0.25) is 0 Å². The summed E-state index contributed by atoms with van der Waals surface area (Å²) in [5, 5.41) is 2.83. The van der Waals surface area contributed by atoms with Gasteiger partial charge in [-0.15, -0.1) is 0 Å². The molecule has 1 heterocycles. The summed E-state index contributed by atoms with van der Waals surface area (Å²) in [5.74, 6) is 0.0428. The second-order valence-electron chi connectivity index (χ2n) is 6.87. The Hall–Kier alpha value is -3.15. The molecule has 0 bridgehead atoms. The highest BCUT2D eigenvalue weighted by molar-refractivity contribution is 6.03. The summed E-state index contributed by atoms with van der Waals surface area (Å²) in [5.41, 5.74) is 1.96. The molecule has 6 nitrogen and oxygen atoms in total. The van der Waals surface area contributed by atoms with Crippen molar-refractivity contribution >= 4 is 29.0 Å². The molecule has 28 heavy (non-hydrogen) atoms. The van der Waals surface area contributed by atoms with Gasteiger partial charge in [-0.1, -0.05) is 6.92 Å². The largest absolute Gasteiger partial charge is 0.494 e. The minimum absolute atomic E-state index is 0.0268. The van der Waals surface area contributed by atoms with E-state index in [-0.39, 0.29) is 24.0 Å². The number of rotatable bonds is 7. The van der Waals surface area contributed by atoms with Gasteiger partial charge in [0.25, 0.3) is 0 Å². The van der Waals surface area contributed by atoms with Crippen LogP contribution in [0.1, 0.15) is 37.0 Å². The van der Waals surface area contributed by atoms with E-state index in [0.29, 0.717) is 24.4 Å². The van der Waals surface area contributed by atoms with Gasteiger partial charge in [-0.25, -0.2) is 0 Å². The lowest BCUT2D eigenvalue weighted by atomic mass is 10.1. The molecule has 0 aliphatic carbocycles. The van der Waals surface area contributed by atoms with Crippen molar-refractivity contribution in [2.75, 3.05) is 23.4 Å². The number of hydrogen-bond acceptors (Lipinski definition) is 4. The number of nitrogens with one attached hydrogen (secondary N) is 1. The first-order valence-corrected chi connectivity index (χ1v) is 9.43. The van der Waals surface area contributed by atoms with Crippen LogP contribution >= 0.6 is 0 Å². The van der Waals surface area contributed by atoms with Crippen LogP contribution < -0.4 is 15.0 Å². The fraction of sp³-hybridized carbons (Fsp3) is 0.318. The zero-order valence-electron chi connectivity index (χ0n) is 16.1. The van der Waals surface area contributed by atoms with Gasteiger partial charge in [0.15, 0.2) is 5.78 Å². The van der Waals surface area contributed by atoms with Crippen molar-refractivity contribution in [2.45, 2.75) is 26.7 Å². The quantitative estimate of drug-likeness (QED) is 0.744. The zero-order chi connectivity index (χ0) is 20.1. The van der Waals surface area contributed by atoms with Crippen LogP contribution in [-0.2, 0) is 9.59 Å². The van der Waals surface area contributed by atoms with E-state index >= 15 is 0 Å². The molecule has 1 saturated heterocycles. The summed E-state index contributed by atoms with van der Waals surface area (Å²) in [6.45, 7) is 4.53. The Balaban J connectivity index is 1.61. The number of ketones is 1. The van der Waals surface area contributed by atoms with Crippen LogP contribution in [0.15, 0.2) is 48.5 Å². The van der Waals surface area contributed by atoms with Crippen molar-refractivity contribution in [3.8, 4) is 5.75 Å². The average Bonchev–Trinajstić information content (AvgIpc) is 3.09. The molecule has 2 aromatic rings. The van der Waals surface area contributed by atoms with Gasteiger partial charge < -0.3 is 15.0 Å². The third-order valence-corrected chi connectivity index (χ3v) is 4.68. The summed E-state index contributed by atoms with van der Waals surface area (Å²) in [6, 6.07) is 14.1. The predicted molar refractivity (Wildman–Crippen MR) is 108 cm³/mol. The summed E-state index contributed by atoms with van der Waals surface area (Å²) in [7, 11) is 0. The highest BCUT2D eigenvalue weighted by atomic mass is 16.5. The third-order valence-electron chi connectivity index (χ3n) is 4.68. The Morgan fingerprint density at radius 2 is 1.79 bits per heavy atom. The van der Waals surface area contributed by atoms with E-state index in [2.05, 4.69) is 5.32 Å². The van der Waals surface area contributed by atoms with E-state index in [1.807, 2.05) is 31.2 Å². The molecule has 2 aromatic carbocycles. The zero-order valence-corrected chi connectivity index (χ0v) is 16.1. The van der Waals surface area contributed by atoms with Crippen molar-refractivity contribution in [2.24, 2.45) is 5.92 Å². The number of carbonyl (C=O) groups is 3. The van der Waals surface area contributed by atoms with Gasteiger partial charge in [-0.2, -0.15) is 0 Å². The molecule has 1 fully saturated rings. The number of nitrogens with zero attached hydrogens (tertiary/aromatic N) is 1. The first-order valence-electron chi connectivity index (χ1n) is 9.43. The molecule has 3 rings (SSSR count). The predicted octanol–water partition coefficient (Wildman–Crippen LogP) is 3.67. The summed E-state index contributed by atoms with van der Waals surface area (Å²) in [6.07, 6.45) is 1.10. The average molecular weight is 380 g/mol. The molecule has 1 aliphatic heterocycles. The van der Waals surface area contributed by atoms with Crippen molar-refractivity contribution in [1.82, 2.24) is 0 Å². The summed E-state index contributed by atoms with van der Waals surface area (Å²) >= 11 is 0. The van der Waals surface area contributed by atoms with Gasteiger partial charge in [-0.05, 0) is 61.9 Å². The maximum Gasteiger partial charge on any atom is 0.229 e. The Morgan fingerprint density at radius 3 is 2.39 bits per heavy atom. The van der Waals surface area contributed by atoms with Crippen LogP contribution in [0.25, 0.3) is 0 Å². The lowest BCUT2D eigenvalue weighted by Crippen LogP contribution is -2.28. The molecule has 0 spiro atoms. The van der Waals surface area contributed by atoms with E-state index in [0.717, 1.165) is 17.9 Å². The topological polar surface area (TPSA) is 75.7 Å². The molecule has 6 heteroatoms. The van der Waals surface area contributed by atoms with Crippen molar-refractivity contribution in [3.63, 3.8) is 0 Å². The van der Waals surface area contributed by atoms with Crippen LogP contribution in [0, 0.1) is 5.92 Å². The lowest BCUT2D eigenvalue weighted by Gasteiger charge is -2.17. The van der Waals surface area contributed by atoms with Crippen LogP contribution in [-0.4, -0.2) is 30.7 Å². The van der Waals surface area contributed by atoms with E-state index < -0.39 is 5.92 Å². The van der Waals surface area contributed by atoms with Crippen molar-refractivity contribution in [1.29, 1.82) is 0 Å². The maximum atomic E-state index is 12.6. The third kappa shape index (κ3) is 4.57. The minimum atomic E-state index is -0.420. The minimum Gasteiger partial charge on any atom is -0.494 e. The Labute approximate surface area is 164 Å². The molecule has 1 aliphatic rings. The normalized spacial score (nSPS) is 16.1. The number of Topliss-reactive ketones (excluding diaryl/α,β-unsaturated/α-hetero) is 1. The molecule has 1 atom stereocenters. The second kappa shape index (κ2) is 8.69. The Bertz CT molecular complexity index is 859. The van der Waals surface area contributed by atoms with Gasteiger partial charge in [0.2, 0.25) is 11.8 Å². The van der Waals surface area contributed by atoms with Crippen LogP contribution in [0.5, 0.6) is 5.75 Å². The highest BCUT2D eigenvalue weighted by Gasteiger charge is 2.35. The number of benzene rings is 2. The fourth-order valence-electron chi connectivity index (χ4n) is 3.11. The Kier molecular flexibility index (Phi) is 6.09. The smallest absolute Gasteiger partial charge is 0.229 e. The van der Waals surface area contributed by atoms with Crippen molar-refractivity contribution in [3.05, 3.63) is 54.1 Å². The monoisotopic (exact) mass is 380 g/mol.